The number of rotatable bonds is 9. The number of nitro groups is 1. The van der Waals surface area contributed by atoms with Crippen LogP contribution in [0.4, 0.5) is 10.5 Å². The molecule has 60 heavy (non-hydrogen) atoms. The Hall–Kier alpha value is -5.65. The van der Waals surface area contributed by atoms with Crippen molar-refractivity contribution < 1.29 is 46.7 Å². The fourth-order valence-electron chi connectivity index (χ4n) is 7.88. The lowest BCUT2D eigenvalue weighted by Crippen LogP contribution is -2.59. The largest absolute Gasteiger partial charge is 0.464 e. The molecule has 3 amide bonds. The first-order valence-corrected chi connectivity index (χ1v) is 21.3. The molecule has 2 N–H and O–H groups in total. The number of hydrogen-bond donors (Lipinski definition) is 2. The minimum Gasteiger partial charge on any atom is -0.464 e. The minimum atomic E-state index is -4.70. The molecule has 3 aliphatic rings. The number of fused-ring (bicyclic) bond motifs is 2. The zero-order valence-electron chi connectivity index (χ0n) is 34.3. The molecule has 0 spiro atoms. The summed E-state index contributed by atoms with van der Waals surface area (Å²) >= 11 is 0. The Kier molecular flexibility index (Phi) is 12.8. The maximum atomic E-state index is 15.2. The number of allylic oxidation sites excluding steroid dienone is 1. The second-order valence-corrected chi connectivity index (χ2v) is 18.1. The van der Waals surface area contributed by atoms with Crippen LogP contribution < -0.4 is 10.6 Å². The number of methoxy groups -OCH3 is 1. The van der Waals surface area contributed by atoms with Gasteiger partial charge in [0.25, 0.3) is 5.69 Å². The van der Waals surface area contributed by atoms with E-state index in [0.29, 0.717) is 12.0 Å². The highest BCUT2D eigenvalue weighted by atomic mass is 32.2. The molecule has 5 atom stereocenters. The van der Waals surface area contributed by atoms with Crippen LogP contribution in [0.1, 0.15) is 58.9 Å². The Morgan fingerprint density at radius 2 is 1.65 bits per heavy atom. The van der Waals surface area contributed by atoms with Crippen molar-refractivity contribution in [2.24, 2.45) is 5.92 Å². The van der Waals surface area contributed by atoms with Gasteiger partial charge in [0, 0.05) is 38.6 Å². The standard InChI is InChI=1S/C43H51N5O11S/c1-6-58-39(51)43-25-32(43)17-11-8-14-24-46(60(55,56)36-19-13-12-18-34(36)48(53)54)27-33(44-40(52)59-41(2,3)4)38(50)47-28-42(57-5,26-35(47)37(49)45-43)31-22-20-30(21-23-31)29-15-9-7-10-16-29/h7,9-13,15-23,32-33,35H,6,8,14,24-28H2,1-5H3,(H,44,52)(H,45,49)/t32-,33+,35+,42+,43-/m1/s1. The van der Waals surface area contributed by atoms with Gasteiger partial charge in [-0.3, -0.25) is 19.7 Å². The van der Waals surface area contributed by atoms with E-state index in [1.54, 1.807) is 39.8 Å². The number of hydrogen-bond acceptors (Lipinski definition) is 11. The number of para-hydroxylation sites is 1. The van der Waals surface area contributed by atoms with Gasteiger partial charge < -0.3 is 29.7 Å². The van der Waals surface area contributed by atoms with Crippen molar-refractivity contribution in [1.29, 1.82) is 0 Å². The fourth-order valence-corrected chi connectivity index (χ4v) is 9.53. The highest BCUT2D eigenvalue weighted by Crippen LogP contribution is 2.47. The third-order valence-electron chi connectivity index (χ3n) is 11.0. The van der Waals surface area contributed by atoms with E-state index in [1.807, 2.05) is 54.6 Å². The quantitative estimate of drug-likeness (QED) is 0.126. The third kappa shape index (κ3) is 9.22. The Balaban J connectivity index is 1.47. The molecule has 1 saturated carbocycles. The van der Waals surface area contributed by atoms with Gasteiger partial charge in [-0.25, -0.2) is 18.0 Å². The summed E-state index contributed by atoms with van der Waals surface area (Å²) in [6.07, 6.45) is 3.14. The highest BCUT2D eigenvalue weighted by Gasteiger charge is 2.63. The van der Waals surface area contributed by atoms with Gasteiger partial charge in [-0.15, -0.1) is 0 Å². The summed E-state index contributed by atoms with van der Waals surface area (Å²) in [5, 5.41) is 17.5. The Morgan fingerprint density at radius 1 is 0.983 bits per heavy atom. The van der Waals surface area contributed by atoms with Gasteiger partial charge in [0.05, 0.1) is 18.1 Å². The molecule has 0 aromatic heterocycles. The van der Waals surface area contributed by atoms with E-state index in [9.17, 15) is 32.9 Å². The second kappa shape index (κ2) is 17.5. The lowest BCUT2D eigenvalue weighted by molar-refractivity contribution is -0.387. The summed E-state index contributed by atoms with van der Waals surface area (Å²) in [4.78, 5) is 68.7. The van der Waals surface area contributed by atoms with Crippen LogP contribution in [0.3, 0.4) is 0 Å². The molecule has 1 aliphatic carbocycles. The SMILES string of the molecule is CCOC(=O)[C@@]12C[C@H]1C=CCCCN(S(=O)(=O)c1ccccc1[N+](=O)[O-])C[C@H](NC(=O)OC(C)(C)C)C(=O)N1C[C@](OC)(c3ccc(-c4ccccc4)cc3)C[C@H]1C(=O)N2. The maximum absolute atomic E-state index is 15.2. The molecule has 0 bridgehead atoms. The van der Waals surface area contributed by atoms with Crippen molar-refractivity contribution >= 4 is 39.6 Å². The van der Waals surface area contributed by atoms with E-state index >= 15 is 4.79 Å². The fraction of sp³-hybridized carbons (Fsp3) is 0.442. The molecular weight excluding hydrogens is 795 g/mol. The van der Waals surface area contributed by atoms with E-state index in [-0.39, 0.29) is 39.0 Å². The molecule has 3 aromatic rings. The molecular formula is C43H51N5O11S. The minimum absolute atomic E-state index is 0.0641. The number of sulfonamides is 1. The molecule has 0 radical (unpaired) electrons. The van der Waals surface area contributed by atoms with Crippen LogP contribution in [0.15, 0.2) is 95.9 Å². The average molecular weight is 846 g/mol. The van der Waals surface area contributed by atoms with Crippen molar-refractivity contribution in [3.8, 4) is 11.1 Å². The van der Waals surface area contributed by atoms with Crippen molar-refractivity contribution in [1.82, 2.24) is 19.8 Å². The summed E-state index contributed by atoms with van der Waals surface area (Å²) in [5.41, 5.74) is -1.87. The van der Waals surface area contributed by atoms with Gasteiger partial charge in [-0.1, -0.05) is 78.9 Å². The van der Waals surface area contributed by atoms with Crippen LogP contribution in [0.25, 0.3) is 11.1 Å². The number of esters is 1. The summed E-state index contributed by atoms with van der Waals surface area (Å²) in [6.45, 7) is 5.45. The van der Waals surface area contributed by atoms with Crippen LogP contribution in [-0.2, 0) is 44.2 Å². The number of ether oxygens (including phenoxy) is 3. The first kappa shape index (κ1) is 43.9. The topological polar surface area (TPSA) is 204 Å². The number of benzene rings is 3. The van der Waals surface area contributed by atoms with Gasteiger partial charge in [-0.2, -0.15) is 4.31 Å². The van der Waals surface area contributed by atoms with Gasteiger partial charge in [-0.05, 0) is 69.7 Å². The number of carbonyl (C=O) groups is 4. The maximum Gasteiger partial charge on any atom is 0.408 e. The summed E-state index contributed by atoms with van der Waals surface area (Å²) in [7, 11) is -3.24. The number of nitrogens with zero attached hydrogens (tertiary/aromatic N) is 3. The van der Waals surface area contributed by atoms with Crippen LogP contribution >= 0.6 is 0 Å². The Morgan fingerprint density at radius 3 is 2.30 bits per heavy atom. The zero-order chi connectivity index (χ0) is 43.5. The number of nitrogens with one attached hydrogen (secondary N) is 2. The van der Waals surface area contributed by atoms with Crippen molar-refractivity contribution in [3.63, 3.8) is 0 Å². The predicted molar refractivity (Wildman–Crippen MR) is 220 cm³/mol. The van der Waals surface area contributed by atoms with Crippen LogP contribution in [0, 0.1) is 16.0 Å². The Labute approximate surface area is 349 Å². The monoisotopic (exact) mass is 845 g/mol. The van der Waals surface area contributed by atoms with Gasteiger partial charge >= 0.3 is 12.1 Å². The van der Waals surface area contributed by atoms with E-state index < -0.39 is 90.7 Å². The Bertz CT molecular complexity index is 2250. The molecule has 1 saturated heterocycles. The number of alkyl carbamates (subject to hydrolysis) is 1. The summed E-state index contributed by atoms with van der Waals surface area (Å²) in [6, 6.07) is 19.1. The molecule has 17 heteroatoms. The number of carbonyl (C=O) groups excluding carboxylic acids is 4. The van der Waals surface area contributed by atoms with Gasteiger partial charge in [0.2, 0.25) is 21.8 Å². The second-order valence-electron chi connectivity index (χ2n) is 16.2. The van der Waals surface area contributed by atoms with E-state index in [2.05, 4.69) is 10.6 Å². The molecule has 0 unspecified atom stereocenters. The molecule has 3 aromatic carbocycles. The molecule has 2 aliphatic heterocycles. The lowest BCUT2D eigenvalue weighted by Gasteiger charge is -2.33. The predicted octanol–water partition coefficient (Wildman–Crippen LogP) is 5.08. The van der Waals surface area contributed by atoms with Crippen LogP contribution in [0.2, 0.25) is 0 Å². The van der Waals surface area contributed by atoms with E-state index in [4.69, 9.17) is 14.2 Å². The van der Waals surface area contributed by atoms with Gasteiger partial charge in [0.1, 0.15) is 28.8 Å². The molecule has 2 heterocycles. The average Bonchev–Trinajstić information content (AvgIpc) is 3.76. The van der Waals surface area contributed by atoms with E-state index in [1.165, 1.54) is 24.1 Å². The number of nitro benzene ring substituents is 1. The van der Waals surface area contributed by atoms with Crippen molar-refractivity contribution in [2.75, 3.05) is 33.4 Å². The third-order valence-corrected chi connectivity index (χ3v) is 12.9. The van der Waals surface area contributed by atoms with Crippen LogP contribution in [-0.4, -0.2) is 103 Å². The molecule has 6 rings (SSSR count). The first-order chi connectivity index (χ1) is 28.4. The lowest BCUT2D eigenvalue weighted by atomic mass is 9.89. The molecule has 2 fully saturated rings. The van der Waals surface area contributed by atoms with Crippen molar-refractivity contribution in [3.05, 3.63) is 107 Å². The smallest absolute Gasteiger partial charge is 0.408 e. The molecule has 320 valence electrons. The van der Waals surface area contributed by atoms with Gasteiger partial charge in [0.15, 0.2) is 4.90 Å². The normalized spacial score (nSPS) is 25.1. The highest BCUT2D eigenvalue weighted by molar-refractivity contribution is 7.89. The molecule has 16 nitrogen and oxygen atoms in total. The number of amides is 3. The van der Waals surface area contributed by atoms with Crippen LogP contribution in [0.5, 0.6) is 0 Å². The zero-order valence-corrected chi connectivity index (χ0v) is 35.1. The summed E-state index contributed by atoms with van der Waals surface area (Å²) in [5.74, 6) is -2.62. The summed E-state index contributed by atoms with van der Waals surface area (Å²) < 4.78 is 47.0. The first-order valence-electron chi connectivity index (χ1n) is 19.9. The van der Waals surface area contributed by atoms with Crippen molar-refractivity contribution in [2.45, 2.75) is 87.1 Å². The van der Waals surface area contributed by atoms with E-state index in [0.717, 1.165) is 27.6 Å².